The number of nitrogens with one attached hydrogen (secondary N) is 1. The van der Waals surface area contributed by atoms with E-state index in [1.807, 2.05) is 30.3 Å². The molecule has 1 amide bonds. The van der Waals surface area contributed by atoms with Crippen molar-refractivity contribution in [2.24, 2.45) is 0 Å². The number of carbonyl (C=O) groups is 1. The first-order valence-electron chi connectivity index (χ1n) is 7.69. The van der Waals surface area contributed by atoms with Crippen LogP contribution in [0.4, 0.5) is 0 Å². The Labute approximate surface area is 121 Å². The molecule has 0 saturated heterocycles. The number of benzene rings is 1. The summed E-state index contributed by atoms with van der Waals surface area (Å²) in [5.74, 6) is -0.00993. The Balaban J connectivity index is 1.94. The lowest BCUT2D eigenvalue weighted by molar-refractivity contribution is -0.132. The van der Waals surface area contributed by atoms with Crippen molar-refractivity contribution in [2.75, 3.05) is 7.11 Å². The summed E-state index contributed by atoms with van der Waals surface area (Å²) in [5.41, 5.74) is 0.915. The van der Waals surface area contributed by atoms with Crippen molar-refractivity contribution in [1.82, 2.24) is 5.32 Å². The third-order valence-corrected chi connectivity index (χ3v) is 4.03. The van der Waals surface area contributed by atoms with E-state index in [4.69, 9.17) is 4.74 Å². The van der Waals surface area contributed by atoms with Gasteiger partial charge in [0.1, 0.15) is 0 Å². The fourth-order valence-electron chi connectivity index (χ4n) is 2.90. The minimum atomic E-state index is -0.498. The lowest BCUT2D eigenvalue weighted by Gasteiger charge is -2.24. The molecule has 0 heterocycles. The number of carbonyl (C=O) groups excluding carboxylic acids is 1. The summed E-state index contributed by atoms with van der Waals surface area (Å²) in [4.78, 5) is 12.4. The molecule has 0 bridgehead atoms. The molecule has 1 saturated carbocycles. The quantitative estimate of drug-likeness (QED) is 0.911. The maximum absolute atomic E-state index is 12.4. The second kappa shape index (κ2) is 8.05. The summed E-state index contributed by atoms with van der Waals surface area (Å²) < 4.78 is 5.38. The molecule has 3 nitrogen and oxygen atoms in total. The van der Waals surface area contributed by atoms with Crippen LogP contribution in [0.25, 0.3) is 0 Å². The van der Waals surface area contributed by atoms with Crippen LogP contribution in [-0.2, 0) is 9.53 Å². The summed E-state index contributed by atoms with van der Waals surface area (Å²) in [6, 6.07) is 10.00. The highest BCUT2D eigenvalue weighted by atomic mass is 16.5. The van der Waals surface area contributed by atoms with Crippen LogP contribution in [0.5, 0.6) is 0 Å². The van der Waals surface area contributed by atoms with Crippen LogP contribution in [-0.4, -0.2) is 19.1 Å². The molecule has 1 aliphatic carbocycles. The summed E-state index contributed by atoms with van der Waals surface area (Å²) in [7, 11) is 1.59. The van der Waals surface area contributed by atoms with Gasteiger partial charge in [-0.1, -0.05) is 62.4 Å². The van der Waals surface area contributed by atoms with E-state index in [0.29, 0.717) is 6.04 Å². The van der Waals surface area contributed by atoms with E-state index in [9.17, 15) is 4.79 Å². The Hall–Kier alpha value is -1.35. The third kappa shape index (κ3) is 4.34. The molecular formula is C17H25NO2. The maximum Gasteiger partial charge on any atom is 0.253 e. The highest BCUT2D eigenvalue weighted by Gasteiger charge is 2.22. The second-order valence-corrected chi connectivity index (χ2v) is 5.58. The summed E-state index contributed by atoms with van der Waals surface area (Å²) >= 11 is 0. The smallest absolute Gasteiger partial charge is 0.253 e. The van der Waals surface area contributed by atoms with E-state index in [1.54, 1.807) is 7.11 Å². The Morgan fingerprint density at radius 2 is 1.70 bits per heavy atom. The topological polar surface area (TPSA) is 38.3 Å². The molecule has 2 rings (SSSR count). The summed E-state index contributed by atoms with van der Waals surface area (Å²) in [6.45, 7) is 0. The molecule has 0 radical (unpaired) electrons. The van der Waals surface area contributed by atoms with Gasteiger partial charge in [-0.25, -0.2) is 0 Å². The number of hydrogen-bond donors (Lipinski definition) is 1. The van der Waals surface area contributed by atoms with Gasteiger partial charge in [0.05, 0.1) is 0 Å². The van der Waals surface area contributed by atoms with E-state index in [2.05, 4.69) is 5.32 Å². The van der Waals surface area contributed by atoms with E-state index < -0.39 is 6.10 Å². The van der Waals surface area contributed by atoms with Crippen LogP contribution in [0.3, 0.4) is 0 Å². The molecule has 3 heteroatoms. The standard InChI is InChI=1S/C17H25NO2/c1-20-16(14-10-6-5-7-11-14)17(19)18-15-12-8-3-2-4-9-13-15/h5-7,10-11,15-16H,2-4,8-9,12-13H2,1H3,(H,18,19)/t16-/m0/s1. The number of methoxy groups -OCH3 is 1. The molecule has 1 atom stereocenters. The molecule has 1 aromatic carbocycles. The van der Waals surface area contributed by atoms with Crippen LogP contribution in [0.2, 0.25) is 0 Å². The van der Waals surface area contributed by atoms with Gasteiger partial charge in [-0.15, -0.1) is 0 Å². The average Bonchev–Trinajstić information content (AvgIpc) is 2.44. The van der Waals surface area contributed by atoms with Gasteiger partial charge in [-0.2, -0.15) is 0 Å². The van der Waals surface area contributed by atoms with Crippen molar-refractivity contribution in [2.45, 2.75) is 57.1 Å². The zero-order valence-corrected chi connectivity index (χ0v) is 12.3. The van der Waals surface area contributed by atoms with Gasteiger partial charge in [-0.3, -0.25) is 4.79 Å². The summed E-state index contributed by atoms with van der Waals surface area (Å²) in [6.07, 6.45) is 8.04. The van der Waals surface area contributed by atoms with E-state index in [-0.39, 0.29) is 5.91 Å². The SMILES string of the molecule is CO[C@H](C(=O)NC1CCCCCCC1)c1ccccc1. The molecule has 0 unspecified atom stereocenters. The predicted octanol–water partition coefficient (Wildman–Crippen LogP) is 3.60. The van der Waals surface area contributed by atoms with Gasteiger partial charge >= 0.3 is 0 Å². The van der Waals surface area contributed by atoms with Gasteiger partial charge in [0.15, 0.2) is 6.10 Å². The highest BCUT2D eigenvalue weighted by Crippen LogP contribution is 2.20. The Bertz CT molecular complexity index is 397. The first kappa shape index (κ1) is 15.0. The van der Waals surface area contributed by atoms with Gasteiger partial charge in [-0.05, 0) is 18.4 Å². The lowest BCUT2D eigenvalue weighted by Crippen LogP contribution is -2.39. The van der Waals surface area contributed by atoms with E-state index >= 15 is 0 Å². The minimum Gasteiger partial charge on any atom is -0.367 e. The highest BCUT2D eigenvalue weighted by molar-refractivity contribution is 5.82. The normalized spacial score (nSPS) is 18.9. The van der Waals surface area contributed by atoms with Crippen molar-refractivity contribution in [3.8, 4) is 0 Å². The summed E-state index contributed by atoms with van der Waals surface area (Å²) in [5, 5.41) is 3.17. The Kier molecular flexibility index (Phi) is 6.06. The lowest BCUT2D eigenvalue weighted by atomic mass is 9.96. The van der Waals surface area contributed by atoms with Crippen LogP contribution < -0.4 is 5.32 Å². The molecule has 1 aliphatic rings. The first-order valence-corrected chi connectivity index (χ1v) is 7.69. The average molecular weight is 275 g/mol. The van der Waals surface area contributed by atoms with Crippen molar-refractivity contribution in [1.29, 1.82) is 0 Å². The molecule has 0 aliphatic heterocycles. The van der Waals surface area contributed by atoms with Crippen LogP contribution in [0.15, 0.2) is 30.3 Å². The van der Waals surface area contributed by atoms with Crippen molar-refractivity contribution in [3.05, 3.63) is 35.9 Å². The van der Waals surface area contributed by atoms with E-state index in [1.165, 1.54) is 32.1 Å². The Morgan fingerprint density at radius 1 is 1.10 bits per heavy atom. The zero-order chi connectivity index (χ0) is 14.2. The number of amides is 1. The predicted molar refractivity (Wildman–Crippen MR) is 80.4 cm³/mol. The minimum absolute atomic E-state index is 0.00993. The number of hydrogen-bond acceptors (Lipinski definition) is 2. The second-order valence-electron chi connectivity index (χ2n) is 5.58. The van der Waals surface area contributed by atoms with E-state index in [0.717, 1.165) is 18.4 Å². The van der Waals surface area contributed by atoms with Gasteiger partial charge in [0, 0.05) is 13.2 Å². The maximum atomic E-state index is 12.4. The fraction of sp³-hybridized carbons (Fsp3) is 0.588. The molecule has 110 valence electrons. The molecule has 1 fully saturated rings. The number of ether oxygens (including phenoxy) is 1. The van der Waals surface area contributed by atoms with Crippen molar-refractivity contribution >= 4 is 5.91 Å². The molecule has 20 heavy (non-hydrogen) atoms. The molecule has 0 spiro atoms. The van der Waals surface area contributed by atoms with Crippen LogP contribution in [0, 0.1) is 0 Å². The van der Waals surface area contributed by atoms with Crippen LogP contribution >= 0.6 is 0 Å². The fourth-order valence-corrected chi connectivity index (χ4v) is 2.90. The van der Waals surface area contributed by atoms with Crippen molar-refractivity contribution in [3.63, 3.8) is 0 Å². The largest absolute Gasteiger partial charge is 0.367 e. The van der Waals surface area contributed by atoms with Crippen LogP contribution in [0.1, 0.15) is 56.6 Å². The third-order valence-electron chi connectivity index (χ3n) is 4.03. The Morgan fingerprint density at radius 3 is 2.30 bits per heavy atom. The first-order chi connectivity index (χ1) is 9.81. The van der Waals surface area contributed by atoms with Gasteiger partial charge in [0.2, 0.25) is 0 Å². The van der Waals surface area contributed by atoms with Gasteiger partial charge in [0.25, 0.3) is 5.91 Å². The molecular weight excluding hydrogens is 250 g/mol. The zero-order valence-electron chi connectivity index (χ0n) is 12.3. The van der Waals surface area contributed by atoms with Gasteiger partial charge < -0.3 is 10.1 Å². The monoisotopic (exact) mass is 275 g/mol. The molecule has 0 aromatic heterocycles. The van der Waals surface area contributed by atoms with Crippen molar-refractivity contribution < 1.29 is 9.53 Å². The molecule has 1 N–H and O–H groups in total. The molecule has 1 aromatic rings. The number of rotatable bonds is 4.